The first-order valence-electron chi connectivity index (χ1n) is 4.83. The number of hydrogen-bond acceptors (Lipinski definition) is 4. The number of urea groups is 1. The molecule has 1 aromatic rings. The molecular formula is C9H11Cl2N3O3S. The number of halogens is 2. The SMILES string of the molecule is CCNC(=O)NS(=O)(=O)c1ccc(Cl)c(N)c1Cl. The highest BCUT2D eigenvalue weighted by Gasteiger charge is 2.22. The average Bonchev–Trinajstić information content (AvgIpc) is 2.25. The minimum atomic E-state index is -4.08. The van der Waals surface area contributed by atoms with Crippen LogP contribution in [0.1, 0.15) is 6.92 Å². The Morgan fingerprint density at radius 1 is 1.39 bits per heavy atom. The van der Waals surface area contributed by atoms with Crippen molar-refractivity contribution in [2.24, 2.45) is 0 Å². The lowest BCUT2D eigenvalue weighted by Gasteiger charge is -2.10. The number of nitrogens with one attached hydrogen (secondary N) is 2. The molecule has 100 valence electrons. The van der Waals surface area contributed by atoms with Crippen LogP contribution in [0.3, 0.4) is 0 Å². The average molecular weight is 312 g/mol. The predicted octanol–water partition coefficient (Wildman–Crippen LogP) is 1.58. The van der Waals surface area contributed by atoms with E-state index in [0.29, 0.717) is 0 Å². The second-order valence-corrected chi connectivity index (χ2v) is 5.67. The van der Waals surface area contributed by atoms with Crippen LogP contribution in [0, 0.1) is 0 Å². The van der Waals surface area contributed by atoms with Crippen LogP contribution in [0.4, 0.5) is 10.5 Å². The van der Waals surface area contributed by atoms with Crippen LogP contribution >= 0.6 is 23.2 Å². The van der Waals surface area contributed by atoms with Gasteiger partial charge in [-0.15, -0.1) is 0 Å². The van der Waals surface area contributed by atoms with E-state index < -0.39 is 16.1 Å². The maximum Gasteiger partial charge on any atom is 0.328 e. The van der Waals surface area contributed by atoms with Gasteiger partial charge in [-0.1, -0.05) is 23.2 Å². The van der Waals surface area contributed by atoms with Gasteiger partial charge in [-0.3, -0.25) is 0 Å². The summed E-state index contributed by atoms with van der Waals surface area (Å²) in [6, 6.07) is 1.61. The molecule has 0 atom stereocenters. The van der Waals surface area contributed by atoms with Crippen molar-refractivity contribution < 1.29 is 13.2 Å². The number of anilines is 1. The van der Waals surface area contributed by atoms with Crippen molar-refractivity contribution in [1.29, 1.82) is 0 Å². The quantitative estimate of drug-likeness (QED) is 0.738. The monoisotopic (exact) mass is 311 g/mol. The largest absolute Gasteiger partial charge is 0.396 e. The zero-order valence-electron chi connectivity index (χ0n) is 9.33. The van der Waals surface area contributed by atoms with Crippen molar-refractivity contribution in [1.82, 2.24) is 10.0 Å². The van der Waals surface area contributed by atoms with E-state index in [-0.39, 0.29) is 27.2 Å². The Kier molecular flexibility index (Phi) is 4.66. The lowest BCUT2D eigenvalue weighted by Crippen LogP contribution is -2.39. The van der Waals surface area contributed by atoms with Crippen LogP contribution in [0.5, 0.6) is 0 Å². The lowest BCUT2D eigenvalue weighted by atomic mass is 10.3. The third-order valence-electron chi connectivity index (χ3n) is 1.95. The lowest BCUT2D eigenvalue weighted by molar-refractivity contribution is 0.246. The normalized spacial score (nSPS) is 11.1. The highest BCUT2D eigenvalue weighted by molar-refractivity contribution is 7.90. The Morgan fingerprint density at radius 3 is 2.56 bits per heavy atom. The summed E-state index contributed by atoms with van der Waals surface area (Å²) in [6.07, 6.45) is 0. The number of carbonyl (C=O) groups is 1. The fourth-order valence-corrected chi connectivity index (χ4v) is 2.83. The number of nitrogen functional groups attached to an aromatic ring is 1. The fourth-order valence-electron chi connectivity index (χ4n) is 1.13. The molecule has 0 aliphatic heterocycles. The van der Waals surface area contributed by atoms with Gasteiger partial charge in [-0.25, -0.2) is 17.9 Å². The molecule has 0 unspecified atom stereocenters. The van der Waals surface area contributed by atoms with Gasteiger partial charge < -0.3 is 11.1 Å². The molecule has 0 fully saturated rings. The molecule has 0 heterocycles. The Balaban J connectivity index is 3.14. The highest BCUT2D eigenvalue weighted by atomic mass is 35.5. The van der Waals surface area contributed by atoms with Gasteiger partial charge >= 0.3 is 6.03 Å². The number of amides is 2. The summed E-state index contributed by atoms with van der Waals surface area (Å²) < 4.78 is 25.5. The molecule has 9 heteroatoms. The second kappa shape index (κ2) is 5.64. The van der Waals surface area contributed by atoms with Gasteiger partial charge in [0.05, 0.1) is 15.7 Å². The summed E-state index contributed by atoms with van der Waals surface area (Å²) in [5.41, 5.74) is 5.45. The van der Waals surface area contributed by atoms with Gasteiger partial charge in [0.1, 0.15) is 4.90 Å². The Morgan fingerprint density at radius 2 is 2.00 bits per heavy atom. The molecule has 0 saturated carbocycles. The Hall–Kier alpha value is -1.18. The van der Waals surface area contributed by atoms with Crippen LogP contribution in [0.2, 0.25) is 10.0 Å². The van der Waals surface area contributed by atoms with E-state index in [1.807, 2.05) is 0 Å². The number of sulfonamides is 1. The third kappa shape index (κ3) is 3.18. The molecule has 0 aromatic heterocycles. The molecule has 0 bridgehead atoms. The summed E-state index contributed by atoms with van der Waals surface area (Å²) in [5.74, 6) is 0. The molecule has 18 heavy (non-hydrogen) atoms. The van der Waals surface area contributed by atoms with Crippen molar-refractivity contribution in [3.05, 3.63) is 22.2 Å². The molecule has 2 amide bonds. The number of nitrogens with two attached hydrogens (primary N) is 1. The minimum Gasteiger partial charge on any atom is -0.396 e. The van der Waals surface area contributed by atoms with Crippen LogP contribution < -0.4 is 15.8 Å². The number of carbonyl (C=O) groups excluding carboxylic acids is 1. The second-order valence-electron chi connectivity index (χ2n) is 3.24. The maximum absolute atomic E-state index is 11.8. The first-order chi connectivity index (χ1) is 8.29. The van der Waals surface area contributed by atoms with E-state index in [9.17, 15) is 13.2 Å². The molecule has 4 N–H and O–H groups in total. The first-order valence-corrected chi connectivity index (χ1v) is 7.07. The van der Waals surface area contributed by atoms with Crippen molar-refractivity contribution in [3.8, 4) is 0 Å². The fraction of sp³-hybridized carbons (Fsp3) is 0.222. The number of benzene rings is 1. The maximum atomic E-state index is 11.8. The minimum absolute atomic E-state index is 0.0582. The van der Waals surface area contributed by atoms with Crippen LogP contribution in [-0.2, 0) is 10.0 Å². The van der Waals surface area contributed by atoms with Gasteiger partial charge in [0.15, 0.2) is 0 Å². The summed E-state index contributed by atoms with van der Waals surface area (Å²) >= 11 is 11.5. The summed E-state index contributed by atoms with van der Waals surface area (Å²) in [5, 5.41) is 2.20. The smallest absolute Gasteiger partial charge is 0.328 e. The predicted molar refractivity (Wildman–Crippen MR) is 70.3 cm³/mol. The zero-order chi connectivity index (χ0) is 13.9. The van der Waals surface area contributed by atoms with Crippen molar-refractivity contribution in [3.63, 3.8) is 0 Å². The van der Waals surface area contributed by atoms with Crippen LogP contribution in [0.15, 0.2) is 17.0 Å². The molecule has 0 aliphatic rings. The van der Waals surface area contributed by atoms with Gasteiger partial charge in [0.25, 0.3) is 10.0 Å². The van der Waals surface area contributed by atoms with Gasteiger partial charge in [0.2, 0.25) is 0 Å². The van der Waals surface area contributed by atoms with E-state index in [1.165, 1.54) is 12.1 Å². The molecular weight excluding hydrogens is 301 g/mol. The number of hydrogen-bond donors (Lipinski definition) is 3. The zero-order valence-corrected chi connectivity index (χ0v) is 11.7. The topological polar surface area (TPSA) is 101 Å². The molecule has 6 nitrogen and oxygen atoms in total. The number of rotatable bonds is 3. The molecule has 1 rings (SSSR count). The summed E-state index contributed by atoms with van der Waals surface area (Å²) in [7, 11) is -4.08. The van der Waals surface area contributed by atoms with Crippen molar-refractivity contribution in [2.45, 2.75) is 11.8 Å². The van der Waals surface area contributed by atoms with E-state index in [2.05, 4.69) is 5.32 Å². The van der Waals surface area contributed by atoms with E-state index in [0.717, 1.165) is 0 Å². The van der Waals surface area contributed by atoms with Crippen molar-refractivity contribution >= 4 is 44.9 Å². The highest BCUT2D eigenvalue weighted by Crippen LogP contribution is 2.32. The molecule has 0 spiro atoms. The van der Waals surface area contributed by atoms with Crippen LogP contribution in [-0.4, -0.2) is 21.0 Å². The van der Waals surface area contributed by atoms with Crippen LogP contribution in [0.25, 0.3) is 0 Å². The van der Waals surface area contributed by atoms with Crippen molar-refractivity contribution in [2.75, 3.05) is 12.3 Å². The molecule has 1 aromatic carbocycles. The standard InChI is InChI=1S/C9H11Cl2N3O3S/c1-2-13-9(15)14-18(16,17)6-4-3-5(10)8(12)7(6)11/h3-4H,2,12H2,1H3,(H2,13,14,15). The van der Waals surface area contributed by atoms with Gasteiger partial charge in [-0.05, 0) is 19.1 Å². The first kappa shape index (κ1) is 14.9. The Bertz CT molecular complexity index is 575. The summed E-state index contributed by atoms with van der Waals surface area (Å²) in [4.78, 5) is 10.9. The van der Waals surface area contributed by atoms with E-state index in [4.69, 9.17) is 28.9 Å². The summed E-state index contributed by atoms with van der Waals surface area (Å²) in [6.45, 7) is 1.94. The van der Waals surface area contributed by atoms with Gasteiger partial charge in [-0.2, -0.15) is 0 Å². The van der Waals surface area contributed by atoms with Gasteiger partial charge in [0, 0.05) is 6.54 Å². The molecule has 0 aliphatic carbocycles. The Labute approximate surface area is 114 Å². The molecule has 0 saturated heterocycles. The van der Waals surface area contributed by atoms with E-state index in [1.54, 1.807) is 11.6 Å². The third-order valence-corrected chi connectivity index (χ3v) is 4.17. The van der Waals surface area contributed by atoms with E-state index >= 15 is 0 Å². The molecule has 0 radical (unpaired) electrons.